The highest BCUT2D eigenvalue weighted by Crippen LogP contribution is 2.23. The summed E-state index contributed by atoms with van der Waals surface area (Å²) >= 11 is 0. The SMILES string of the molecule is CCCNC(CN1CC(C)CC1=O)c1ccc(C)c(C)c1. The normalized spacial score (nSPS) is 20.1. The van der Waals surface area contributed by atoms with Gasteiger partial charge in [-0.15, -0.1) is 0 Å². The maximum Gasteiger partial charge on any atom is 0.222 e. The lowest BCUT2D eigenvalue weighted by Gasteiger charge is -2.26. The van der Waals surface area contributed by atoms with Gasteiger partial charge in [-0.05, 0) is 49.4 Å². The average Bonchev–Trinajstić information content (AvgIpc) is 2.76. The summed E-state index contributed by atoms with van der Waals surface area (Å²) in [5.41, 5.74) is 3.93. The molecule has 1 fully saturated rings. The number of rotatable bonds is 6. The van der Waals surface area contributed by atoms with Crippen molar-refractivity contribution in [3.05, 3.63) is 34.9 Å². The summed E-state index contributed by atoms with van der Waals surface area (Å²) in [5.74, 6) is 0.790. The van der Waals surface area contributed by atoms with Crippen molar-refractivity contribution in [1.82, 2.24) is 10.2 Å². The van der Waals surface area contributed by atoms with E-state index in [9.17, 15) is 4.79 Å². The van der Waals surface area contributed by atoms with Crippen LogP contribution >= 0.6 is 0 Å². The molecule has 2 rings (SSSR count). The van der Waals surface area contributed by atoms with Crippen LogP contribution in [0, 0.1) is 19.8 Å². The van der Waals surface area contributed by atoms with Crippen molar-refractivity contribution < 1.29 is 4.79 Å². The van der Waals surface area contributed by atoms with Gasteiger partial charge in [0, 0.05) is 25.6 Å². The van der Waals surface area contributed by atoms with E-state index in [0.717, 1.165) is 26.1 Å². The largest absolute Gasteiger partial charge is 0.340 e. The van der Waals surface area contributed by atoms with Crippen LogP contribution in [-0.4, -0.2) is 30.4 Å². The van der Waals surface area contributed by atoms with Crippen LogP contribution in [0.15, 0.2) is 18.2 Å². The van der Waals surface area contributed by atoms with Gasteiger partial charge in [-0.25, -0.2) is 0 Å². The quantitative estimate of drug-likeness (QED) is 0.871. The van der Waals surface area contributed by atoms with E-state index in [1.165, 1.54) is 16.7 Å². The molecule has 1 heterocycles. The van der Waals surface area contributed by atoms with Gasteiger partial charge in [0.2, 0.25) is 5.91 Å². The standard InChI is InChI=1S/C18H28N2O/c1-5-8-19-17(12-20-11-13(2)9-18(20)21)16-7-6-14(3)15(4)10-16/h6-7,10,13,17,19H,5,8-9,11-12H2,1-4H3. The third kappa shape index (κ3) is 4.07. The van der Waals surface area contributed by atoms with Crippen LogP contribution < -0.4 is 5.32 Å². The Bertz CT molecular complexity index is 498. The first-order valence-corrected chi connectivity index (χ1v) is 8.09. The smallest absolute Gasteiger partial charge is 0.222 e. The Kier molecular flexibility index (Phi) is 5.40. The molecule has 3 nitrogen and oxygen atoms in total. The van der Waals surface area contributed by atoms with E-state index in [0.29, 0.717) is 18.2 Å². The molecule has 0 saturated carbocycles. The molecule has 1 aliphatic heterocycles. The van der Waals surface area contributed by atoms with Crippen LogP contribution in [-0.2, 0) is 4.79 Å². The topological polar surface area (TPSA) is 32.3 Å². The number of nitrogens with one attached hydrogen (secondary N) is 1. The van der Waals surface area contributed by atoms with E-state index in [-0.39, 0.29) is 6.04 Å². The number of hydrogen-bond donors (Lipinski definition) is 1. The van der Waals surface area contributed by atoms with Gasteiger partial charge in [0.05, 0.1) is 0 Å². The first-order chi connectivity index (χ1) is 10.0. The number of aryl methyl sites for hydroxylation is 2. The number of benzene rings is 1. The van der Waals surface area contributed by atoms with Gasteiger partial charge >= 0.3 is 0 Å². The molecule has 0 aliphatic carbocycles. The van der Waals surface area contributed by atoms with Gasteiger partial charge in [0.15, 0.2) is 0 Å². The number of hydrogen-bond acceptors (Lipinski definition) is 2. The molecule has 0 radical (unpaired) electrons. The second-order valence-corrected chi connectivity index (χ2v) is 6.46. The van der Waals surface area contributed by atoms with Crippen LogP contribution in [0.5, 0.6) is 0 Å². The van der Waals surface area contributed by atoms with E-state index >= 15 is 0 Å². The monoisotopic (exact) mass is 288 g/mol. The van der Waals surface area contributed by atoms with Crippen molar-refractivity contribution in [2.75, 3.05) is 19.6 Å². The molecule has 116 valence electrons. The van der Waals surface area contributed by atoms with Gasteiger partial charge in [-0.1, -0.05) is 32.0 Å². The van der Waals surface area contributed by atoms with Crippen LogP contribution in [0.1, 0.15) is 49.4 Å². The molecule has 0 spiro atoms. The molecule has 1 amide bonds. The maximum absolute atomic E-state index is 12.0. The fourth-order valence-electron chi connectivity index (χ4n) is 2.95. The lowest BCUT2D eigenvalue weighted by atomic mass is 10.0. The summed E-state index contributed by atoms with van der Waals surface area (Å²) in [6.07, 6.45) is 1.80. The molecule has 3 heteroatoms. The van der Waals surface area contributed by atoms with Crippen molar-refractivity contribution in [2.24, 2.45) is 5.92 Å². The highest BCUT2D eigenvalue weighted by atomic mass is 16.2. The molecule has 2 unspecified atom stereocenters. The Morgan fingerprint density at radius 3 is 2.67 bits per heavy atom. The fourth-order valence-corrected chi connectivity index (χ4v) is 2.95. The van der Waals surface area contributed by atoms with E-state index < -0.39 is 0 Å². The van der Waals surface area contributed by atoms with E-state index in [2.05, 4.69) is 51.2 Å². The van der Waals surface area contributed by atoms with E-state index in [1.54, 1.807) is 0 Å². The molecule has 1 aromatic rings. The van der Waals surface area contributed by atoms with Crippen molar-refractivity contribution in [3.8, 4) is 0 Å². The van der Waals surface area contributed by atoms with Gasteiger partial charge in [0.1, 0.15) is 0 Å². The fraction of sp³-hybridized carbons (Fsp3) is 0.611. The molecular weight excluding hydrogens is 260 g/mol. The molecule has 1 aliphatic rings. The predicted molar refractivity (Wildman–Crippen MR) is 87.3 cm³/mol. The van der Waals surface area contributed by atoms with E-state index in [4.69, 9.17) is 0 Å². The number of carbonyl (C=O) groups is 1. The van der Waals surface area contributed by atoms with E-state index in [1.807, 2.05) is 4.90 Å². The maximum atomic E-state index is 12.0. The zero-order valence-corrected chi connectivity index (χ0v) is 13.8. The van der Waals surface area contributed by atoms with Crippen LogP contribution in [0.2, 0.25) is 0 Å². The second-order valence-electron chi connectivity index (χ2n) is 6.46. The van der Waals surface area contributed by atoms with Crippen molar-refractivity contribution in [1.29, 1.82) is 0 Å². The highest BCUT2D eigenvalue weighted by molar-refractivity contribution is 5.78. The van der Waals surface area contributed by atoms with Crippen molar-refractivity contribution >= 4 is 5.91 Å². The molecule has 0 bridgehead atoms. The predicted octanol–water partition coefficient (Wildman–Crippen LogP) is 3.21. The average molecular weight is 288 g/mol. The Labute approximate surface area is 128 Å². The van der Waals surface area contributed by atoms with Gasteiger partial charge in [0.25, 0.3) is 0 Å². The van der Waals surface area contributed by atoms with Crippen molar-refractivity contribution in [2.45, 2.75) is 46.6 Å². The molecule has 1 N–H and O–H groups in total. The first kappa shape index (κ1) is 16.0. The summed E-state index contributed by atoms with van der Waals surface area (Å²) in [7, 11) is 0. The summed E-state index contributed by atoms with van der Waals surface area (Å²) < 4.78 is 0. The van der Waals surface area contributed by atoms with Crippen molar-refractivity contribution in [3.63, 3.8) is 0 Å². The highest BCUT2D eigenvalue weighted by Gasteiger charge is 2.28. The lowest BCUT2D eigenvalue weighted by molar-refractivity contribution is -0.128. The Balaban J connectivity index is 2.13. The first-order valence-electron chi connectivity index (χ1n) is 8.09. The third-order valence-electron chi connectivity index (χ3n) is 4.38. The minimum Gasteiger partial charge on any atom is -0.340 e. The minimum absolute atomic E-state index is 0.235. The Morgan fingerprint density at radius 1 is 1.33 bits per heavy atom. The molecule has 1 aromatic carbocycles. The number of nitrogens with zero attached hydrogens (tertiary/aromatic N) is 1. The Morgan fingerprint density at radius 2 is 2.10 bits per heavy atom. The summed E-state index contributed by atoms with van der Waals surface area (Å²) in [6, 6.07) is 6.87. The molecule has 2 atom stereocenters. The number of amides is 1. The molecule has 1 saturated heterocycles. The number of likely N-dealkylation sites (tertiary alicyclic amines) is 1. The van der Waals surface area contributed by atoms with Crippen LogP contribution in [0.4, 0.5) is 0 Å². The zero-order chi connectivity index (χ0) is 15.4. The van der Waals surface area contributed by atoms with Gasteiger partial charge < -0.3 is 10.2 Å². The molecule has 21 heavy (non-hydrogen) atoms. The van der Waals surface area contributed by atoms with Crippen LogP contribution in [0.3, 0.4) is 0 Å². The zero-order valence-electron chi connectivity index (χ0n) is 13.8. The van der Waals surface area contributed by atoms with Gasteiger partial charge in [-0.2, -0.15) is 0 Å². The molecule has 0 aromatic heterocycles. The molecular formula is C18H28N2O. The summed E-state index contributed by atoms with van der Waals surface area (Å²) in [4.78, 5) is 14.1. The number of carbonyl (C=O) groups excluding carboxylic acids is 1. The Hall–Kier alpha value is -1.35. The summed E-state index contributed by atoms with van der Waals surface area (Å²) in [5, 5.41) is 3.60. The summed E-state index contributed by atoms with van der Waals surface area (Å²) in [6.45, 7) is 11.3. The third-order valence-corrected chi connectivity index (χ3v) is 4.38. The second kappa shape index (κ2) is 7.08. The minimum atomic E-state index is 0.235. The van der Waals surface area contributed by atoms with Gasteiger partial charge in [-0.3, -0.25) is 4.79 Å². The van der Waals surface area contributed by atoms with Crippen LogP contribution in [0.25, 0.3) is 0 Å². The lowest BCUT2D eigenvalue weighted by Crippen LogP contribution is -2.36.